The lowest BCUT2D eigenvalue weighted by Gasteiger charge is -2.34. The maximum atomic E-state index is 11.2. The van der Waals surface area contributed by atoms with Gasteiger partial charge in [-0.3, -0.25) is 9.69 Å². The zero-order chi connectivity index (χ0) is 14.7. The number of piperidine rings is 1. The van der Waals surface area contributed by atoms with Crippen molar-refractivity contribution in [3.05, 3.63) is 28.2 Å². The molecule has 1 aromatic rings. The quantitative estimate of drug-likeness (QED) is 0.914. The summed E-state index contributed by atoms with van der Waals surface area (Å²) in [5.41, 5.74) is 1.09. The first-order valence-corrected chi connectivity index (χ1v) is 7.56. The van der Waals surface area contributed by atoms with Gasteiger partial charge in [0.25, 0.3) is 0 Å². The molecule has 1 aliphatic rings. The summed E-state index contributed by atoms with van der Waals surface area (Å²) in [5, 5.41) is 9.22. The minimum absolute atomic E-state index is 0.264. The molecule has 1 heterocycles. The maximum absolute atomic E-state index is 11.2. The number of methoxy groups -OCH3 is 1. The van der Waals surface area contributed by atoms with E-state index in [1.54, 1.807) is 7.11 Å². The van der Waals surface area contributed by atoms with E-state index in [4.69, 9.17) is 4.74 Å². The molecule has 2 rings (SSSR count). The lowest BCUT2D eigenvalue weighted by molar-refractivity contribution is -0.144. The molecular formula is C15H20BrNO3. The SMILES string of the molecule is COc1cc(Br)ccc1CN1CC(C)CC(C(=O)O)C1. The minimum Gasteiger partial charge on any atom is -0.496 e. The molecule has 0 saturated carbocycles. The smallest absolute Gasteiger partial charge is 0.307 e. The van der Waals surface area contributed by atoms with E-state index in [-0.39, 0.29) is 5.92 Å². The molecule has 1 N–H and O–H groups in total. The van der Waals surface area contributed by atoms with Crippen molar-refractivity contribution in [3.8, 4) is 5.75 Å². The Labute approximate surface area is 127 Å². The Morgan fingerprint density at radius 2 is 2.25 bits per heavy atom. The van der Waals surface area contributed by atoms with Crippen LogP contribution in [0.1, 0.15) is 18.9 Å². The van der Waals surface area contributed by atoms with Crippen LogP contribution in [0.15, 0.2) is 22.7 Å². The number of nitrogens with zero attached hydrogens (tertiary/aromatic N) is 1. The van der Waals surface area contributed by atoms with Gasteiger partial charge in [0.2, 0.25) is 0 Å². The van der Waals surface area contributed by atoms with E-state index in [0.717, 1.165) is 35.3 Å². The van der Waals surface area contributed by atoms with E-state index in [1.807, 2.05) is 18.2 Å². The predicted molar refractivity (Wildman–Crippen MR) is 80.9 cm³/mol. The zero-order valence-corrected chi connectivity index (χ0v) is 13.4. The van der Waals surface area contributed by atoms with Gasteiger partial charge >= 0.3 is 5.97 Å². The predicted octanol–water partition coefficient (Wildman–Crippen LogP) is 3.00. The van der Waals surface area contributed by atoms with Crippen LogP contribution in [0.3, 0.4) is 0 Å². The van der Waals surface area contributed by atoms with Gasteiger partial charge in [0.1, 0.15) is 5.75 Å². The summed E-state index contributed by atoms with van der Waals surface area (Å²) < 4.78 is 6.38. The Balaban J connectivity index is 2.11. The molecule has 1 aromatic carbocycles. The van der Waals surface area contributed by atoms with Crippen molar-refractivity contribution in [2.24, 2.45) is 11.8 Å². The lowest BCUT2D eigenvalue weighted by atomic mass is 9.90. The summed E-state index contributed by atoms with van der Waals surface area (Å²) in [7, 11) is 1.66. The second kappa shape index (κ2) is 6.59. The van der Waals surface area contributed by atoms with Gasteiger partial charge in [-0.2, -0.15) is 0 Å². The van der Waals surface area contributed by atoms with Crippen LogP contribution in [0.25, 0.3) is 0 Å². The Morgan fingerprint density at radius 1 is 1.50 bits per heavy atom. The maximum Gasteiger partial charge on any atom is 0.307 e. The largest absolute Gasteiger partial charge is 0.496 e. The standard InChI is InChI=1S/C15H20BrNO3/c1-10-5-12(15(18)19)9-17(7-10)8-11-3-4-13(16)6-14(11)20-2/h3-4,6,10,12H,5,7-9H2,1-2H3,(H,18,19). The molecule has 0 bridgehead atoms. The first-order valence-electron chi connectivity index (χ1n) is 6.77. The molecule has 110 valence electrons. The highest BCUT2D eigenvalue weighted by atomic mass is 79.9. The molecule has 0 radical (unpaired) electrons. The number of ether oxygens (including phenoxy) is 1. The van der Waals surface area contributed by atoms with Crippen molar-refractivity contribution in [1.29, 1.82) is 0 Å². The van der Waals surface area contributed by atoms with Crippen LogP contribution in [0.4, 0.5) is 0 Å². The number of hydrogen-bond donors (Lipinski definition) is 1. The van der Waals surface area contributed by atoms with E-state index in [1.165, 1.54) is 0 Å². The Bertz CT molecular complexity index is 492. The highest BCUT2D eigenvalue weighted by molar-refractivity contribution is 9.10. The summed E-state index contributed by atoms with van der Waals surface area (Å²) in [6.07, 6.45) is 0.767. The number of hydrogen-bond acceptors (Lipinski definition) is 3. The van der Waals surface area contributed by atoms with Crippen LogP contribution in [0.2, 0.25) is 0 Å². The van der Waals surface area contributed by atoms with Crippen LogP contribution in [-0.4, -0.2) is 36.2 Å². The van der Waals surface area contributed by atoms with Gasteiger partial charge in [-0.25, -0.2) is 0 Å². The number of carboxylic acids is 1. The van der Waals surface area contributed by atoms with Gasteiger partial charge in [-0.05, 0) is 24.5 Å². The summed E-state index contributed by atoms with van der Waals surface area (Å²) in [5.74, 6) is 0.292. The Hall–Kier alpha value is -1.07. The van der Waals surface area contributed by atoms with Crippen molar-refractivity contribution < 1.29 is 14.6 Å². The molecule has 20 heavy (non-hydrogen) atoms. The molecule has 1 aliphatic heterocycles. The van der Waals surface area contributed by atoms with Gasteiger partial charge in [0.05, 0.1) is 13.0 Å². The highest BCUT2D eigenvalue weighted by Crippen LogP contribution is 2.28. The number of halogens is 1. The topological polar surface area (TPSA) is 49.8 Å². The monoisotopic (exact) mass is 341 g/mol. The number of likely N-dealkylation sites (tertiary alicyclic amines) is 1. The first-order chi connectivity index (χ1) is 9.49. The van der Waals surface area contributed by atoms with E-state index >= 15 is 0 Å². The summed E-state index contributed by atoms with van der Waals surface area (Å²) >= 11 is 3.43. The molecule has 0 spiro atoms. The van der Waals surface area contributed by atoms with Crippen molar-refractivity contribution in [2.45, 2.75) is 19.9 Å². The van der Waals surface area contributed by atoms with E-state index in [0.29, 0.717) is 12.5 Å². The van der Waals surface area contributed by atoms with Gasteiger partial charge < -0.3 is 9.84 Å². The summed E-state index contributed by atoms with van der Waals surface area (Å²) in [6.45, 7) is 4.38. The van der Waals surface area contributed by atoms with E-state index in [2.05, 4.69) is 27.8 Å². The normalized spacial score (nSPS) is 23.6. The van der Waals surface area contributed by atoms with Crippen molar-refractivity contribution >= 4 is 21.9 Å². The second-order valence-corrected chi connectivity index (χ2v) is 6.44. The number of carbonyl (C=O) groups is 1. The fourth-order valence-corrected chi connectivity index (χ4v) is 3.20. The minimum atomic E-state index is -0.690. The van der Waals surface area contributed by atoms with E-state index in [9.17, 15) is 9.90 Å². The lowest BCUT2D eigenvalue weighted by Crippen LogP contribution is -2.42. The average Bonchev–Trinajstić information content (AvgIpc) is 2.40. The van der Waals surface area contributed by atoms with Gasteiger partial charge in [0, 0.05) is 29.7 Å². The van der Waals surface area contributed by atoms with Crippen molar-refractivity contribution in [2.75, 3.05) is 20.2 Å². The van der Waals surface area contributed by atoms with Crippen molar-refractivity contribution in [3.63, 3.8) is 0 Å². The highest BCUT2D eigenvalue weighted by Gasteiger charge is 2.29. The number of carboxylic acid groups (broad SMARTS) is 1. The third-order valence-electron chi connectivity index (χ3n) is 3.73. The molecule has 0 aliphatic carbocycles. The van der Waals surface area contributed by atoms with Gasteiger partial charge in [0.15, 0.2) is 0 Å². The first kappa shape index (κ1) is 15.3. The zero-order valence-electron chi connectivity index (χ0n) is 11.8. The molecule has 0 amide bonds. The van der Waals surface area contributed by atoms with Crippen LogP contribution < -0.4 is 4.74 Å². The van der Waals surface area contributed by atoms with Crippen LogP contribution >= 0.6 is 15.9 Å². The number of aliphatic carboxylic acids is 1. The average molecular weight is 342 g/mol. The molecule has 5 heteroatoms. The van der Waals surface area contributed by atoms with Crippen molar-refractivity contribution in [1.82, 2.24) is 4.90 Å². The third kappa shape index (κ3) is 3.73. The second-order valence-electron chi connectivity index (χ2n) is 5.53. The third-order valence-corrected chi connectivity index (χ3v) is 4.22. The molecular weight excluding hydrogens is 322 g/mol. The van der Waals surface area contributed by atoms with Gasteiger partial charge in [-0.1, -0.05) is 28.9 Å². The Morgan fingerprint density at radius 3 is 2.90 bits per heavy atom. The number of rotatable bonds is 4. The molecule has 4 nitrogen and oxygen atoms in total. The summed E-state index contributed by atoms with van der Waals surface area (Å²) in [6, 6.07) is 5.95. The van der Waals surface area contributed by atoms with Crippen LogP contribution in [0.5, 0.6) is 5.75 Å². The van der Waals surface area contributed by atoms with E-state index < -0.39 is 5.97 Å². The van der Waals surface area contributed by atoms with Crippen LogP contribution in [0, 0.1) is 11.8 Å². The fourth-order valence-electron chi connectivity index (χ4n) is 2.86. The fraction of sp³-hybridized carbons (Fsp3) is 0.533. The molecule has 1 fully saturated rings. The number of benzene rings is 1. The molecule has 2 atom stereocenters. The molecule has 2 unspecified atom stereocenters. The Kier molecular flexibility index (Phi) is 5.05. The molecule has 1 saturated heterocycles. The van der Waals surface area contributed by atoms with Gasteiger partial charge in [-0.15, -0.1) is 0 Å². The molecule has 0 aromatic heterocycles. The summed E-state index contributed by atoms with van der Waals surface area (Å²) in [4.78, 5) is 13.4. The van der Waals surface area contributed by atoms with Crippen LogP contribution in [-0.2, 0) is 11.3 Å².